The van der Waals surface area contributed by atoms with Crippen molar-refractivity contribution in [2.75, 3.05) is 18.8 Å². The summed E-state index contributed by atoms with van der Waals surface area (Å²) in [5.41, 5.74) is 1.23. The second-order valence-electron chi connectivity index (χ2n) is 3.25. The van der Waals surface area contributed by atoms with E-state index in [1.54, 1.807) is 0 Å². The topological polar surface area (TPSA) is 12.0 Å². The lowest BCUT2D eigenvalue weighted by Crippen LogP contribution is -2.16. The Morgan fingerprint density at radius 2 is 2.20 bits per heavy atom. The SMILES string of the molecule is C=C(CNCC)CSc1ccccc1Br. The second-order valence-corrected chi connectivity index (χ2v) is 5.12. The fourth-order valence-electron chi connectivity index (χ4n) is 1.09. The summed E-state index contributed by atoms with van der Waals surface area (Å²) in [6.45, 7) is 8.05. The van der Waals surface area contributed by atoms with Gasteiger partial charge in [0.15, 0.2) is 0 Å². The lowest BCUT2D eigenvalue weighted by Gasteiger charge is -2.07. The molecule has 1 aromatic carbocycles. The van der Waals surface area contributed by atoms with E-state index in [2.05, 4.69) is 52.9 Å². The minimum Gasteiger partial charge on any atom is -0.313 e. The van der Waals surface area contributed by atoms with Crippen LogP contribution in [0.3, 0.4) is 0 Å². The molecule has 0 fully saturated rings. The third-order valence-corrected chi connectivity index (χ3v) is 4.07. The van der Waals surface area contributed by atoms with Crippen LogP contribution < -0.4 is 5.32 Å². The number of benzene rings is 1. The molecule has 0 spiro atoms. The molecular formula is C12H16BrNS. The van der Waals surface area contributed by atoms with Crippen molar-refractivity contribution in [2.24, 2.45) is 0 Å². The molecule has 0 amide bonds. The minimum absolute atomic E-state index is 0.911. The van der Waals surface area contributed by atoms with Gasteiger partial charge < -0.3 is 5.32 Å². The van der Waals surface area contributed by atoms with E-state index in [9.17, 15) is 0 Å². The van der Waals surface area contributed by atoms with Crippen molar-refractivity contribution < 1.29 is 0 Å². The van der Waals surface area contributed by atoms with E-state index in [1.807, 2.05) is 17.8 Å². The summed E-state index contributed by atoms with van der Waals surface area (Å²) in [5.74, 6) is 0.968. The standard InChI is InChI=1S/C12H16BrNS/c1-3-14-8-10(2)9-15-12-7-5-4-6-11(12)13/h4-7,14H,2-3,8-9H2,1H3. The van der Waals surface area contributed by atoms with E-state index in [4.69, 9.17) is 0 Å². The van der Waals surface area contributed by atoms with Crippen LogP contribution in [0, 0.1) is 0 Å². The maximum Gasteiger partial charge on any atom is 0.0311 e. The van der Waals surface area contributed by atoms with Gasteiger partial charge in [0.2, 0.25) is 0 Å². The van der Waals surface area contributed by atoms with Gasteiger partial charge in [0.1, 0.15) is 0 Å². The molecule has 0 unspecified atom stereocenters. The van der Waals surface area contributed by atoms with Gasteiger partial charge in [-0.05, 0) is 34.6 Å². The molecule has 0 aliphatic heterocycles. The zero-order chi connectivity index (χ0) is 11.1. The first-order valence-electron chi connectivity index (χ1n) is 4.98. The van der Waals surface area contributed by atoms with Gasteiger partial charge in [0, 0.05) is 21.7 Å². The maximum absolute atomic E-state index is 4.04. The van der Waals surface area contributed by atoms with Crippen LogP contribution in [-0.2, 0) is 0 Å². The summed E-state index contributed by atoms with van der Waals surface area (Å²) in [5, 5.41) is 3.27. The van der Waals surface area contributed by atoms with E-state index >= 15 is 0 Å². The third kappa shape index (κ3) is 4.87. The quantitative estimate of drug-likeness (QED) is 0.632. The van der Waals surface area contributed by atoms with Gasteiger partial charge in [-0.25, -0.2) is 0 Å². The van der Waals surface area contributed by atoms with Gasteiger partial charge in [-0.15, -0.1) is 11.8 Å². The summed E-state index contributed by atoms with van der Waals surface area (Å²) >= 11 is 5.35. The molecular weight excluding hydrogens is 270 g/mol. The molecule has 1 rings (SSSR count). The van der Waals surface area contributed by atoms with Crippen molar-refractivity contribution in [3.63, 3.8) is 0 Å². The molecule has 1 N–H and O–H groups in total. The van der Waals surface area contributed by atoms with Gasteiger partial charge in [-0.3, -0.25) is 0 Å². The van der Waals surface area contributed by atoms with E-state index in [0.29, 0.717) is 0 Å². The first kappa shape index (κ1) is 12.8. The first-order valence-corrected chi connectivity index (χ1v) is 6.76. The first-order chi connectivity index (χ1) is 7.24. The van der Waals surface area contributed by atoms with Gasteiger partial charge in [0.05, 0.1) is 0 Å². The molecule has 0 bridgehead atoms. The molecule has 3 heteroatoms. The van der Waals surface area contributed by atoms with Crippen LogP contribution in [0.1, 0.15) is 6.92 Å². The molecule has 0 heterocycles. The number of nitrogens with one attached hydrogen (secondary N) is 1. The number of rotatable bonds is 6. The Bertz CT molecular complexity index is 325. The molecule has 0 aromatic heterocycles. The summed E-state index contributed by atoms with van der Waals surface area (Å²) in [6, 6.07) is 8.27. The average molecular weight is 286 g/mol. The van der Waals surface area contributed by atoms with Crippen LogP contribution in [0.5, 0.6) is 0 Å². The smallest absolute Gasteiger partial charge is 0.0311 e. The van der Waals surface area contributed by atoms with Gasteiger partial charge in [-0.2, -0.15) is 0 Å². The molecule has 0 atom stereocenters. The molecule has 1 nitrogen and oxygen atoms in total. The Morgan fingerprint density at radius 3 is 2.87 bits per heavy atom. The Labute approximate surface area is 104 Å². The molecule has 82 valence electrons. The van der Waals surface area contributed by atoms with Crippen molar-refractivity contribution in [1.29, 1.82) is 0 Å². The highest BCUT2D eigenvalue weighted by molar-refractivity contribution is 9.10. The summed E-state index contributed by atoms with van der Waals surface area (Å²) in [4.78, 5) is 1.27. The second kappa shape index (κ2) is 7.09. The maximum atomic E-state index is 4.04. The predicted molar refractivity (Wildman–Crippen MR) is 72.5 cm³/mol. The molecule has 0 aliphatic rings. The zero-order valence-electron chi connectivity index (χ0n) is 8.92. The highest BCUT2D eigenvalue weighted by Crippen LogP contribution is 2.27. The largest absolute Gasteiger partial charge is 0.313 e. The predicted octanol–water partition coefficient (Wildman–Crippen LogP) is 3.71. The van der Waals surface area contributed by atoms with Crippen LogP contribution in [0.2, 0.25) is 0 Å². The molecule has 0 radical (unpaired) electrons. The Morgan fingerprint density at radius 1 is 1.47 bits per heavy atom. The van der Waals surface area contributed by atoms with E-state index < -0.39 is 0 Å². The molecule has 0 saturated heterocycles. The van der Waals surface area contributed by atoms with Crippen molar-refractivity contribution in [3.05, 3.63) is 40.9 Å². The third-order valence-electron chi connectivity index (χ3n) is 1.89. The minimum atomic E-state index is 0.911. The van der Waals surface area contributed by atoms with Crippen molar-refractivity contribution >= 4 is 27.7 Å². The number of hydrogen-bond acceptors (Lipinski definition) is 2. The van der Waals surface area contributed by atoms with Gasteiger partial charge in [0.25, 0.3) is 0 Å². The normalized spacial score (nSPS) is 10.3. The van der Waals surface area contributed by atoms with Crippen LogP contribution in [0.25, 0.3) is 0 Å². The highest BCUT2D eigenvalue weighted by atomic mass is 79.9. The van der Waals surface area contributed by atoms with E-state index in [0.717, 1.165) is 23.3 Å². The summed E-state index contributed by atoms with van der Waals surface area (Å²) in [7, 11) is 0. The zero-order valence-corrected chi connectivity index (χ0v) is 11.3. The molecule has 0 saturated carbocycles. The van der Waals surface area contributed by atoms with Crippen LogP contribution in [0.15, 0.2) is 45.8 Å². The molecule has 0 aliphatic carbocycles. The van der Waals surface area contributed by atoms with Gasteiger partial charge in [-0.1, -0.05) is 31.2 Å². The van der Waals surface area contributed by atoms with Gasteiger partial charge >= 0.3 is 0 Å². The fourth-order valence-corrected chi connectivity index (χ4v) is 2.56. The Balaban J connectivity index is 2.37. The van der Waals surface area contributed by atoms with Crippen LogP contribution in [-0.4, -0.2) is 18.8 Å². The van der Waals surface area contributed by atoms with Crippen molar-refractivity contribution in [1.82, 2.24) is 5.32 Å². The van der Waals surface area contributed by atoms with Crippen LogP contribution in [0.4, 0.5) is 0 Å². The van der Waals surface area contributed by atoms with Crippen molar-refractivity contribution in [2.45, 2.75) is 11.8 Å². The van der Waals surface area contributed by atoms with E-state index in [1.165, 1.54) is 10.5 Å². The van der Waals surface area contributed by atoms with Crippen LogP contribution >= 0.6 is 27.7 Å². The Hall–Kier alpha value is -0.250. The monoisotopic (exact) mass is 285 g/mol. The lowest BCUT2D eigenvalue weighted by atomic mass is 10.3. The molecule has 15 heavy (non-hydrogen) atoms. The highest BCUT2D eigenvalue weighted by Gasteiger charge is 2.00. The van der Waals surface area contributed by atoms with Crippen molar-refractivity contribution in [3.8, 4) is 0 Å². The Kier molecular flexibility index (Phi) is 6.06. The summed E-state index contributed by atoms with van der Waals surface area (Å²) in [6.07, 6.45) is 0. The summed E-state index contributed by atoms with van der Waals surface area (Å²) < 4.78 is 1.16. The molecule has 1 aromatic rings. The fraction of sp³-hybridized carbons (Fsp3) is 0.333. The van der Waals surface area contributed by atoms with E-state index in [-0.39, 0.29) is 0 Å². The number of hydrogen-bond donors (Lipinski definition) is 1. The average Bonchev–Trinajstić information content (AvgIpc) is 2.25. The number of likely N-dealkylation sites (N-methyl/N-ethyl adjacent to an activating group) is 1. The lowest BCUT2D eigenvalue weighted by molar-refractivity contribution is 0.779. The number of halogens is 1. The number of thioether (sulfide) groups is 1.